The predicted octanol–water partition coefficient (Wildman–Crippen LogP) is 4.02. The lowest BCUT2D eigenvalue weighted by Gasteiger charge is -2.20. The Morgan fingerprint density at radius 1 is 1.00 bits per heavy atom. The standard InChI is InChI=1S/C27H29F5N8O3S/c1-26(28,29)21-10-9-18(14-33-21)15-35-24(42)25-37-36-22(44-25)8-3-4-11-40-16-20(39(2)38-40)23(41)34-13-17-6-5-7-19(12-17)43-27(30,31)32/h5-7,9-10,12,14,16,38H,3-4,8,11,13,15H2,1-2H3,(H,34,41)(H,35,42). The van der Waals surface area contributed by atoms with E-state index in [2.05, 4.69) is 36.1 Å². The van der Waals surface area contributed by atoms with Crippen LogP contribution in [0.1, 0.15) is 51.4 Å². The lowest BCUT2D eigenvalue weighted by Crippen LogP contribution is -2.40. The third kappa shape index (κ3) is 9.57. The second-order valence-corrected chi connectivity index (χ2v) is 10.9. The zero-order valence-corrected chi connectivity index (χ0v) is 24.4. The summed E-state index contributed by atoms with van der Waals surface area (Å²) in [6.07, 6.45) is 0.141. The van der Waals surface area contributed by atoms with Crippen LogP contribution in [-0.4, -0.2) is 57.0 Å². The number of alkyl halides is 5. The molecule has 0 unspecified atom stereocenters. The molecule has 3 aromatic rings. The average Bonchev–Trinajstić information content (AvgIpc) is 3.58. The van der Waals surface area contributed by atoms with Crippen molar-refractivity contribution in [2.75, 3.05) is 13.6 Å². The number of amides is 2. The molecule has 17 heteroatoms. The summed E-state index contributed by atoms with van der Waals surface area (Å²) >= 11 is 1.16. The number of carbonyl (C=O) groups is 2. The van der Waals surface area contributed by atoms with Gasteiger partial charge in [0.15, 0.2) is 0 Å². The van der Waals surface area contributed by atoms with E-state index in [4.69, 9.17) is 0 Å². The summed E-state index contributed by atoms with van der Waals surface area (Å²) < 4.78 is 67.9. The van der Waals surface area contributed by atoms with Gasteiger partial charge in [-0.3, -0.25) is 24.6 Å². The number of aryl methyl sites for hydroxylation is 1. The van der Waals surface area contributed by atoms with Crippen LogP contribution in [0.4, 0.5) is 22.0 Å². The lowest BCUT2D eigenvalue weighted by atomic mass is 10.2. The van der Waals surface area contributed by atoms with E-state index in [1.165, 1.54) is 41.5 Å². The van der Waals surface area contributed by atoms with Crippen molar-refractivity contribution in [1.29, 1.82) is 0 Å². The van der Waals surface area contributed by atoms with Crippen molar-refractivity contribution in [2.45, 2.75) is 51.6 Å². The average molecular weight is 641 g/mol. The van der Waals surface area contributed by atoms with Gasteiger partial charge in [-0.05, 0) is 42.2 Å². The van der Waals surface area contributed by atoms with Gasteiger partial charge in [-0.25, -0.2) is 0 Å². The van der Waals surface area contributed by atoms with Crippen molar-refractivity contribution >= 4 is 23.2 Å². The summed E-state index contributed by atoms with van der Waals surface area (Å²) in [5.41, 5.74) is 4.00. The molecular weight excluding hydrogens is 611 g/mol. The molecule has 1 aromatic carbocycles. The quantitative estimate of drug-likeness (QED) is 0.188. The highest BCUT2D eigenvalue weighted by atomic mass is 32.1. The third-order valence-electron chi connectivity index (χ3n) is 6.16. The number of ether oxygens (including phenoxy) is 1. The summed E-state index contributed by atoms with van der Waals surface area (Å²) in [7, 11) is 1.66. The molecule has 0 aliphatic carbocycles. The van der Waals surface area contributed by atoms with Crippen LogP contribution in [0.5, 0.6) is 5.75 Å². The molecule has 44 heavy (non-hydrogen) atoms. The number of likely N-dealkylation sites (N-methyl/N-ethyl adjacent to an activating group) is 1. The Labute approximate surface area is 253 Å². The monoisotopic (exact) mass is 640 g/mol. The molecule has 0 saturated carbocycles. The van der Waals surface area contributed by atoms with E-state index in [0.29, 0.717) is 34.8 Å². The van der Waals surface area contributed by atoms with Crippen molar-refractivity contribution in [3.05, 3.63) is 81.3 Å². The van der Waals surface area contributed by atoms with Gasteiger partial charge in [0.1, 0.15) is 22.1 Å². The summed E-state index contributed by atoms with van der Waals surface area (Å²) in [5.74, 6) is -4.25. The molecular formula is C27H29F5N8O3S. The van der Waals surface area contributed by atoms with Crippen LogP contribution in [0, 0.1) is 0 Å². The Morgan fingerprint density at radius 3 is 2.45 bits per heavy atom. The first-order chi connectivity index (χ1) is 20.8. The number of hydrazine groups is 2. The molecule has 4 rings (SSSR count). The molecule has 3 N–H and O–H groups in total. The Hall–Kier alpha value is -4.38. The summed E-state index contributed by atoms with van der Waals surface area (Å²) in [6.45, 7) is 1.43. The molecule has 2 amide bonds. The first kappa shape index (κ1) is 32.5. The second kappa shape index (κ2) is 13.9. The number of halogens is 5. The van der Waals surface area contributed by atoms with Crippen LogP contribution in [0.2, 0.25) is 0 Å². The van der Waals surface area contributed by atoms with Gasteiger partial charge >= 0.3 is 6.36 Å². The van der Waals surface area contributed by atoms with Gasteiger partial charge in [-0.1, -0.05) is 29.5 Å². The van der Waals surface area contributed by atoms with Gasteiger partial charge < -0.3 is 15.4 Å². The molecule has 0 spiro atoms. The van der Waals surface area contributed by atoms with Gasteiger partial charge in [-0.15, -0.1) is 28.9 Å². The molecule has 1 aliphatic heterocycles. The number of nitrogens with zero attached hydrogens (tertiary/aromatic N) is 5. The van der Waals surface area contributed by atoms with Crippen molar-refractivity contribution in [1.82, 2.24) is 41.4 Å². The fourth-order valence-electron chi connectivity index (χ4n) is 4.01. The van der Waals surface area contributed by atoms with Gasteiger partial charge in [0, 0.05) is 52.4 Å². The minimum atomic E-state index is -4.80. The van der Waals surface area contributed by atoms with Crippen LogP contribution in [-0.2, 0) is 30.2 Å². The largest absolute Gasteiger partial charge is 0.573 e. The fraction of sp³-hybridized carbons (Fsp3) is 0.370. The molecule has 0 saturated heterocycles. The normalized spacial score (nSPS) is 13.6. The molecule has 11 nitrogen and oxygen atoms in total. The lowest BCUT2D eigenvalue weighted by molar-refractivity contribution is -0.274. The number of rotatable bonds is 13. The van der Waals surface area contributed by atoms with Gasteiger partial charge in [0.05, 0.1) is 0 Å². The van der Waals surface area contributed by atoms with E-state index in [1.807, 2.05) is 0 Å². The number of benzene rings is 1. The van der Waals surface area contributed by atoms with Gasteiger partial charge in [0.25, 0.3) is 17.7 Å². The fourth-order valence-corrected chi connectivity index (χ4v) is 4.81. The molecule has 0 fully saturated rings. The van der Waals surface area contributed by atoms with E-state index in [1.54, 1.807) is 24.3 Å². The van der Waals surface area contributed by atoms with E-state index in [0.717, 1.165) is 31.1 Å². The number of nitrogens with one attached hydrogen (secondary N) is 3. The highest BCUT2D eigenvalue weighted by molar-refractivity contribution is 7.13. The minimum absolute atomic E-state index is 0.00564. The molecule has 3 heterocycles. The van der Waals surface area contributed by atoms with Crippen LogP contribution in [0.25, 0.3) is 0 Å². The highest BCUT2D eigenvalue weighted by Gasteiger charge is 2.31. The molecule has 0 radical (unpaired) electrons. The van der Waals surface area contributed by atoms with Crippen LogP contribution in [0.15, 0.2) is 54.5 Å². The summed E-state index contributed by atoms with van der Waals surface area (Å²) in [4.78, 5) is 28.8. The number of carbonyl (C=O) groups excluding carboxylic acids is 2. The van der Waals surface area contributed by atoms with Crippen LogP contribution in [0.3, 0.4) is 0 Å². The zero-order chi connectivity index (χ0) is 31.9. The molecule has 236 valence electrons. The summed E-state index contributed by atoms with van der Waals surface area (Å²) in [6, 6.07) is 8.06. The second-order valence-electron chi connectivity index (χ2n) is 9.83. The number of unbranched alkanes of at least 4 members (excludes halogenated alkanes) is 1. The smallest absolute Gasteiger partial charge is 0.406 e. The summed E-state index contributed by atoms with van der Waals surface area (Å²) in [5, 5.41) is 17.5. The van der Waals surface area contributed by atoms with Gasteiger partial charge in [0.2, 0.25) is 5.01 Å². The maximum absolute atomic E-state index is 13.3. The maximum atomic E-state index is 13.3. The Bertz CT molecular complexity index is 1480. The van der Waals surface area contributed by atoms with Crippen molar-refractivity contribution in [3.8, 4) is 5.75 Å². The van der Waals surface area contributed by atoms with Gasteiger partial charge in [-0.2, -0.15) is 8.78 Å². The van der Waals surface area contributed by atoms with E-state index in [9.17, 15) is 31.5 Å². The SMILES string of the molecule is CN1NN(CCCCc2nnc(C(=O)NCc3ccc(C(C)(F)F)nc3)s2)C=C1C(=O)NCc1cccc(OC(F)(F)F)c1. The van der Waals surface area contributed by atoms with E-state index < -0.39 is 24.1 Å². The zero-order valence-electron chi connectivity index (χ0n) is 23.6. The Balaban J connectivity index is 1.17. The topological polar surface area (TPSA) is 125 Å². The number of hydrogen-bond acceptors (Lipinski definition) is 10. The minimum Gasteiger partial charge on any atom is -0.406 e. The molecule has 0 atom stereocenters. The van der Waals surface area contributed by atoms with E-state index >= 15 is 0 Å². The van der Waals surface area contributed by atoms with Crippen molar-refractivity contribution in [2.24, 2.45) is 0 Å². The molecule has 1 aliphatic rings. The Kier molecular flexibility index (Phi) is 10.3. The van der Waals surface area contributed by atoms with Crippen LogP contribution >= 0.6 is 11.3 Å². The van der Waals surface area contributed by atoms with Crippen molar-refractivity contribution < 1.29 is 36.3 Å². The first-order valence-electron chi connectivity index (χ1n) is 13.3. The predicted molar refractivity (Wildman–Crippen MR) is 148 cm³/mol. The van der Waals surface area contributed by atoms with Crippen LogP contribution < -0.4 is 20.9 Å². The highest BCUT2D eigenvalue weighted by Crippen LogP contribution is 2.25. The molecule has 0 bridgehead atoms. The first-order valence-corrected chi connectivity index (χ1v) is 14.1. The third-order valence-corrected chi connectivity index (χ3v) is 7.15. The number of aromatic nitrogens is 3. The van der Waals surface area contributed by atoms with Crippen molar-refractivity contribution in [3.63, 3.8) is 0 Å². The number of pyridine rings is 1. The Morgan fingerprint density at radius 2 is 1.75 bits per heavy atom. The maximum Gasteiger partial charge on any atom is 0.573 e. The number of hydrogen-bond donors (Lipinski definition) is 3. The molecule has 2 aromatic heterocycles. The van der Waals surface area contributed by atoms with E-state index in [-0.39, 0.29) is 29.5 Å².